The van der Waals surface area contributed by atoms with Gasteiger partial charge in [0.05, 0.1) is 6.67 Å². The maximum Gasteiger partial charge on any atom is 0.131 e. The predicted molar refractivity (Wildman–Crippen MR) is 32.6 cm³/mol. The van der Waals surface area contributed by atoms with E-state index in [4.69, 9.17) is 5.11 Å². The minimum Gasteiger partial charge on any atom is -0.408 e. The van der Waals surface area contributed by atoms with Gasteiger partial charge < -0.3 is 5.11 Å². The Hall–Kier alpha value is 0.0199. The highest BCUT2D eigenvalue weighted by Crippen LogP contribution is 1.96. The van der Waals surface area contributed by atoms with Crippen molar-refractivity contribution in [3.8, 4) is 0 Å². The van der Waals surface area contributed by atoms with Crippen molar-refractivity contribution in [3.63, 3.8) is 0 Å². The Morgan fingerprint density at radius 2 is 2.00 bits per heavy atom. The van der Waals surface area contributed by atoms with E-state index in [1.807, 2.05) is 0 Å². The summed E-state index contributed by atoms with van der Waals surface area (Å²) in [5, 5.41) is 7.95. The summed E-state index contributed by atoms with van der Waals surface area (Å²) in [5.41, 5.74) is 0. The number of halogens is 1. The fourth-order valence-corrected chi connectivity index (χ4v) is 0.231. The standard InChI is InChI=1S/C3H9B2FO/c4-3(5,7)1-2-6/h7H,1-2,4-5H2. The van der Waals surface area contributed by atoms with E-state index in [1.165, 1.54) is 0 Å². The van der Waals surface area contributed by atoms with Crippen molar-refractivity contribution in [2.75, 3.05) is 6.67 Å². The Bertz CT molecular complexity index is 51.4. The summed E-state index contributed by atoms with van der Waals surface area (Å²) in [6, 6.07) is 0. The second kappa shape index (κ2) is 2.36. The molecule has 1 nitrogen and oxygen atoms in total. The van der Waals surface area contributed by atoms with Gasteiger partial charge in [0.25, 0.3) is 0 Å². The highest BCUT2D eigenvalue weighted by Gasteiger charge is 2.10. The first-order valence-electron chi connectivity index (χ1n) is 2.34. The molecule has 0 bridgehead atoms. The first-order chi connectivity index (χ1) is 3.06. The number of rotatable bonds is 2. The van der Waals surface area contributed by atoms with Crippen LogP contribution >= 0.6 is 0 Å². The molecule has 4 heteroatoms. The van der Waals surface area contributed by atoms with Crippen LogP contribution in [0.15, 0.2) is 0 Å². The molecule has 0 aromatic heterocycles. The van der Waals surface area contributed by atoms with Gasteiger partial charge in [0.2, 0.25) is 0 Å². The highest BCUT2D eigenvalue weighted by molar-refractivity contribution is 6.38. The Morgan fingerprint density at radius 3 is 2.00 bits per heavy atom. The van der Waals surface area contributed by atoms with E-state index in [0.29, 0.717) is 0 Å². The van der Waals surface area contributed by atoms with Crippen molar-refractivity contribution in [2.45, 2.75) is 11.8 Å². The van der Waals surface area contributed by atoms with E-state index < -0.39 is 12.1 Å². The summed E-state index contributed by atoms with van der Waals surface area (Å²) in [7, 11) is 3.18. The van der Waals surface area contributed by atoms with E-state index >= 15 is 0 Å². The lowest BCUT2D eigenvalue weighted by Crippen LogP contribution is -2.29. The van der Waals surface area contributed by atoms with Gasteiger partial charge in [-0.2, -0.15) is 0 Å². The Kier molecular flexibility index (Phi) is 2.37. The average molecular weight is 102 g/mol. The monoisotopic (exact) mass is 102 g/mol. The van der Waals surface area contributed by atoms with Gasteiger partial charge in [-0.05, 0) is 6.42 Å². The van der Waals surface area contributed by atoms with Crippen LogP contribution in [0.4, 0.5) is 4.39 Å². The van der Waals surface area contributed by atoms with Crippen molar-refractivity contribution in [2.24, 2.45) is 0 Å². The molecule has 0 amide bonds. The van der Waals surface area contributed by atoms with Crippen molar-refractivity contribution in [1.82, 2.24) is 0 Å². The van der Waals surface area contributed by atoms with Gasteiger partial charge in [-0.25, -0.2) is 0 Å². The average Bonchev–Trinajstić information content (AvgIpc) is 1.30. The molecule has 7 heavy (non-hydrogen) atoms. The molecule has 40 valence electrons. The summed E-state index contributed by atoms with van der Waals surface area (Å²) in [6.45, 7) is -0.441. The maximum atomic E-state index is 11.3. The lowest BCUT2D eigenvalue weighted by Gasteiger charge is -2.12. The topological polar surface area (TPSA) is 20.2 Å². The summed E-state index contributed by atoms with van der Waals surface area (Å²) >= 11 is 0. The zero-order valence-electron chi connectivity index (χ0n) is 4.74. The second-order valence-corrected chi connectivity index (χ2v) is 2.25. The highest BCUT2D eigenvalue weighted by atomic mass is 19.1. The van der Waals surface area contributed by atoms with Gasteiger partial charge in [-0.3, -0.25) is 4.39 Å². The van der Waals surface area contributed by atoms with Gasteiger partial charge in [-0.1, -0.05) is 0 Å². The van der Waals surface area contributed by atoms with Crippen LogP contribution in [0.1, 0.15) is 6.42 Å². The number of alkyl halides is 1. The third kappa shape index (κ3) is 6.02. The van der Waals surface area contributed by atoms with Crippen molar-refractivity contribution in [1.29, 1.82) is 0 Å². The third-order valence-electron chi connectivity index (χ3n) is 0.706. The van der Waals surface area contributed by atoms with Crippen LogP contribution in [0, 0.1) is 0 Å². The fourth-order valence-electron chi connectivity index (χ4n) is 0.231. The lowest BCUT2D eigenvalue weighted by molar-refractivity contribution is 0.189. The molecule has 0 aliphatic rings. The van der Waals surface area contributed by atoms with Crippen LogP contribution in [0.3, 0.4) is 0 Å². The van der Waals surface area contributed by atoms with Crippen molar-refractivity contribution in [3.05, 3.63) is 0 Å². The Morgan fingerprint density at radius 1 is 1.57 bits per heavy atom. The largest absolute Gasteiger partial charge is 0.408 e. The van der Waals surface area contributed by atoms with E-state index in [1.54, 1.807) is 15.7 Å². The Labute approximate surface area is 44.7 Å². The first kappa shape index (κ1) is 7.02. The normalized spacial score (nSPS) is 11.7. The summed E-state index contributed by atoms with van der Waals surface area (Å²) in [5.74, 6) is 0. The predicted octanol–water partition coefficient (Wildman–Crippen LogP) is -1.74. The molecular formula is C3H9B2FO. The molecule has 0 heterocycles. The van der Waals surface area contributed by atoms with Crippen molar-refractivity contribution >= 4 is 15.7 Å². The quantitative estimate of drug-likeness (QED) is 0.410. The van der Waals surface area contributed by atoms with Gasteiger partial charge in [0.15, 0.2) is 0 Å². The van der Waals surface area contributed by atoms with Crippen LogP contribution in [0.5, 0.6) is 0 Å². The minimum absolute atomic E-state index is 0.229. The molecule has 0 atom stereocenters. The fraction of sp³-hybridized carbons (Fsp3) is 1.00. The van der Waals surface area contributed by atoms with Crippen LogP contribution in [-0.4, -0.2) is 32.9 Å². The number of aliphatic hydroxyl groups is 1. The number of hydrogen-bond acceptors (Lipinski definition) is 1. The molecule has 0 aliphatic heterocycles. The van der Waals surface area contributed by atoms with Crippen LogP contribution in [0.2, 0.25) is 0 Å². The molecular weight excluding hydrogens is 92.7 g/mol. The molecule has 1 N–H and O–H groups in total. The van der Waals surface area contributed by atoms with E-state index in [0.717, 1.165) is 0 Å². The number of hydrogen-bond donors (Lipinski definition) is 1. The molecule has 0 aliphatic carbocycles. The molecule has 0 aromatic carbocycles. The van der Waals surface area contributed by atoms with Crippen LogP contribution in [0.25, 0.3) is 0 Å². The molecule has 0 unspecified atom stereocenters. The van der Waals surface area contributed by atoms with Crippen molar-refractivity contribution < 1.29 is 9.50 Å². The zero-order valence-corrected chi connectivity index (χ0v) is 4.74. The molecule has 0 fully saturated rings. The molecule has 0 spiro atoms. The maximum absolute atomic E-state index is 11.3. The smallest absolute Gasteiger partial charge is 0.131 e. The van der Waals surface area contributed by atoms with Gasteiger partial charge in [0.1, 0.15) is 15.7 Å². The summed E-state index contributed by atoms with van der Waals surface area (Å²) in [4.78, 5) is 0. The van der Waals surface area contributed by atoms with Gasteiger partial charge in [-0.15, -0.1) is 0 Å². The van der Waals surface area contributed by atoms with Crippen LogP contribution in [-0.2, 0) is 0 Å². The molecule has 0 rings (SSSR count). The minimum atomic E-state index is -0.825. The first-order valence-corrected chi connectivity index (χ1v) is 2.34. The van der Waals surface area contributed by atoms with E-state index in [-0.39, 0.29) is 6.42 Å². The Balaban J connectivity index is 3.15. The SMILES string of the molecule is BC(B)(O)CCF. The summed E-state index contributed by atoms with van der Waals surface area (Å²) < 4.78 is 11.3. The van der Waals surface area contributed by atoms with E-state index in [9.17, 15) is 4.39 Å². The van der Waals surface area contributed by atoms with Crippen LogP contribution < -0.4 is 0 Å². The van der Waals surface area contributed by atoms with E-state index in [2.05, 4.69) is 0 Å². The molecule has 0 aromatic rings. The molecule has 0 radical (unpaired) electrons. The second-order valence-electron chi connectivity index (χ2n) is 2.25. The molecule has 0 saturated carbocycles. The summed E-state index contributed by atoms with van der Waals surface area (Å²) in [6.07, 6.45) is 0.229. The lowest BCUT2D eigenvalue weighted by atomic mass is 9.64. The van der Waals surface area contributed by atoms with Gasteiger partial charge >= 0.3 is 0 Å². The zero-order chi connectivity index (χ0) is 5.91. The van der Waals surface area contributed by atoms with Gasteiger partial charge in [0, 0.05) is 5.40 Å². The molecule has 0 saturated heterocycles. The third-order valence-corrected chi connectivity index (χ3v) is 0.706.